The van der Waals surface area contributed by atoms with Crippen LogP contribution in [0.5, 0.6) is 0 Å². The van der Waals surface area contributed by atoms with Crippen LogP contribution in [0.1, 0.15) is 39.3 Å². The van der Waals surface area contributed by atoms with Crippen molar-refractivity contribution < 1.29 is 9.59 Å². The van der Waals surface area contributed by atoms with E-state index in [0.717, 1.165) is 17.8 Å². The molecule has 0 saturated heterocycles. The summed E-state index contributed by atoms with van der Waals surface area (Å²) in [7, 11) is 1.82. The standard InChI is InChI=1S/C24H23N7O3S/c1-16-20(23(34)31(28(16)2)17-10-4-3-5-11-17)30-24(25-26-27-30)35-15-9-8-14-29-21(32)18-12-6-7-13-19(18)22(29)33/h3-7,10-13H,8-9,14-15H2,1-2H3. The maximum Gasteiger partial charge on any atom is 0.297 e. The van der Waals surface area contributed by atoms with Gasteiger partial charge in [0.15, 0.2) is 5.69 Å². The molecule has 2 aromatic heterocycles. The highest BCUT2D eigenvalue weighted by Gasteiger charge is 2.34. The number of para-hydroxylation sites is 1. The third kappa shape index (κ3) is 3.97. The van der Waals surface area contributed by atoms with E-state index in [2.05, 4.69) is 15.5 Å². The van der Waals surface area contributed by atoms with Crippen molar-refractivity contribution in [1.82, 2.24) is 34.5 Å². The number of tetrazole rings is 1. The molecule has 0 atom stereocenters. The Morgan fingerprint density at radius 1 is 0.886 bits per heavy atom. The van der Waals surface area contributed by atoms with E-state index in [-0.39, 0.29) is 17.4 Å². The molecule has 0 spiro atoms. The molecule has 10 nitrogen and oxygen atoms in total. The molecule has 0 bridgehead atoms. The minimum Gasteiger partial charge on any atom is -0.283 e. The van der Waals surface area contributed by atoms with E-state index in [1.807, 2.05) is 44.3 Å². The van der Waals surface area contributed by atoms with Crippen LogP contribution in [0.3, 0.4) is 0 Å². The molecule has 5 rings (SSSR count). The highest BCUT2D eigenvalue weighted by Crippen LogP contribution is 2.24. The summed E-state index contributed by atoms with van der Waals surface area (Å²) in [5.41, 5.74) is 2.60. The molecule has 178 valence electrons. The molecular formula is C24H23N7O3S. The van der Waals surface area contributed by atoms with Gasteiger partial charge in [-0.15, -0.1) is 5.10 Å². The quantitative estimate of drug-likeness (QED) is 0.213. The van der Waals surface area contributed by atoms with Crippen molar-refractivity contribution in [2.75, 3.05) is 12.3 Å². The van der Waals surface area contributed by atoms with Gasteiger partial charge in [0.05, 0.1) is 22.5 Å². The molecule has 0 unspecified atom stereocenters. The second-order valence-electron chi connectivity index (χ2n) is 8.15. The number of carbonyl (C=O) groups excluding carboxylic acids is 2. The fraction of sp³-hybridized carbons (Fsp3) is 0.250. The van der Waals surface area contributed by atoms with E-state index in [1.165, 1.54) is 21.3 Å². The number of rotatable bonds is 8. The number of hydrogen-bond acceptors (Lipinski definition) is 7. The average molecular weight is 490 g/mol. The zero-order valence-corrected chi connectivity index (χ0v) is 20.1. The van der Waals surface area contributed by atoms with Gasteiger partial charge in [-0.1, -0.05) is 42.1 Å². The van der Waals surface area contributed by atoms with Gasteiger partial charge in [-0.3, -0.25) is 24.0 Å². The molecule has 3 heterocycles. The lowest BCUT2D eigenvalue weighted by Crippen LogP contribution is -2.30. The Morgan fingerprint density at radius 3 is 2.23 bits per heavy atom. The highest BCUT2D eigenvalue weighted by molar-refractivity contribution is 7.99. The molecule has 0 N–H and O–H groups in total. The van der Waals surface area contributed by atoms with Crippen LogP contribution in [0.25, 0.3) is 11.4 Å². The fourth-order valence-corrected chi connectivity index (χ4v) is 5.06. The van der Waals surface area contributed by atoms with E-state index in [4.69, 9.17) is 0 Å². The van der Waals surface area contributed by atoms with Gasteiger partial charge >= 0.3 is 0 Å². The van der Waals surface area contributed by atoms with Crippen molar-refractivity contribution in [3.63, 3.8) is 0 Å². The number of thioether (sulfide) groups is 1. The van der Waals surface area contributed by atoms with Gasteiger partial charge in [0.2, 0.25) is 5.16 Å². The summed E-state index contributed by atoms with van der Waals surface area (Å²) < 4.78 is 4.85. The molecule has 0 saturated carbocycles. The molecular weight excluding hydrogens is 466 g/mol. The summed E-state index contributed by atoms with van der Waals surface area (Å²) in [5.74, 6) is 0.190. The van der Waals surface area contributed by atoms with Gasteiger partial charge in [-0.05, 0) is 54.5 Å². The number of hydrogen-bond donors (Lipinski definition) is 0. The first-order valence-electron chi connectivity index (χ1n) is 11.2. The topological polar surface area (TPSA) is 108 Å². The third-order valence-electron chi connectivity index (χ3n) is 6.06. The number of benzene rings is 2. The highest BCUT2D eigenvalue weighted by atomic mass is 32.2. The van der Waals surface area contributed by atoms with E-state index in [0.29, 0.717) is 40.7 Å². The van der Waals surface area contributed by atoms with Crippen molar-refractivity contribution >= 4 is 23.6 Å². The first-order valence-corrected chi connectivity index (χ1v) is 12.2. The summed E-state index contributed by atoms with van der Waals surface area (Å²) in [6.07, 6.45) is 1.40. The number of fused-ring (bicyclic) bond motifs is 1. The fourth-order valence-electron chi connectivity index (χ4n) is 4.18. The predicted octanol–water partition coefficient (Wildman–Crippen LogP) is 2.63. The molecule has 4 aromatic rings. The van der Waals surface area contributed by atoms with Crippen LogP contribution in [-0.4, -0.2) is 58.6 Å². The van der Waals surface area contributed by atoms with Gasteiger partial charge in [0.1, 0.15) is 0 Å². The Bertz CT molecular complexity index is 1440. The average Bonchev–Trinajstić information content (AvgIpc) is 3.49. The number of carbonyl (C=O) groups is 2. The minimum atomic E-state index is -0.239. The molecule has 35 heavy (non-hydrogen) atoms. The zero-order valence-electron chi connectivity index (χ0n) is 19.3. The zero-order chi connectivity index (χ0) is 24.5. The largest absolute Gasteiger partial charge is 0.297 e. The molecule has 2 amide bonds. The number of imide groups is 1. The Hall–Kier alpha value is -3.99. The molecule has 2 aromatic carbocycles. The van der Waals surface area contributed by atoms with Crippen LogP contribution in [0.2, 0.25) is 0 Å². The monoisotopic (exact) mass is 489 g/mol. The molecule has 1 aliphatic rings. The van der Waals surface area contributed by atoms with Crippen LogP contribution in [-0.2, 0) is 7.05 Å². The molecule has 1 aliphatic heterocycles. The summed E-state index contributed by atoms with van der Waals surface area (Å²) in [6, 6.07) is 16.3. The van der Waals surface area contributed by atoms with E-state index < -0.39 is 0 Å². The maximum absolute atomic E-state index is 13.3. The summed E-state index contributed by atoms with van der Waals surface area (Å²) >= 11 is 1.43. The van der Waals surface area contributed by atoms with Crippen molar-refractivity contribution in [3.05, 3.63) is 81.8 Å². The third-order valence-corrected chi connectivity index (χ3v) is 7.07. The second kappa shape index (κ2) is 9.34. The summed E-state index contributed by atoms with van der Waals surface area (Å²) in [5, 5.41) is 12.5. The maximum atomic E-state index is 13.3. The predicted molar refractivity (Wildman–Crippen MR) is 130 cm³/mol. The Morgan fingerprint density at radius 2 is 1.54 bits per heavy atom. The van der Waals surface area contributed by atoms with Crippen molar-refractivity contribution in [1.29, 1.82) is 0 Å². The Balaban J connectivity index is 1.24. The van der Waals surface area contributed by atoms with Crippen LogP contribution < -0.4 is 5.56 Å². The van der Waals surface area contributed by atoms with E-state index >= 15 is 0 Å². The lowest BCUT2D eigenvalue weighted by Gasteiger charge is -2.13. The molecule has 11 heteroatoms. The normalized spacial score (nSPS) is 13.0. The lowest BCUT2D eigenvalue weighted by molar-refractivity contribution is 0.0652. The minimum absolute atomic E-state index is 0.212. The smallest absolute Gasteiger partial charge is 0.283 e. The molecule has 0 aliphatic carbocycles. The van der Waals surface area contributed by atoms with Crippen LogP contribution in [0.15, 0.2) is 64.5 Å². The van der Waals surface area contributed by atoms with E-state index in [9.17, 15) is 14.4 Å². The van der Waals surface area contributed by atoms with Gasteiger partial charge in [0.25, 0.3) is 17.4 Å². The van der Waals surface area contributed by atoms with E-state index in [1.54, 1.807) is 33.6 Å². The van der Waals surface area contributed by atoms with Crippen LogP contribution in [0.4, 0.5) is 0 Å². The number of aromatic nitrogens is 6. The van der Waals surface area contributed by atoms with Crippen molar-refractivity contribution in [3.8, 4) is 11.4 Å². The van der Waals surface area contributed by atoms with Gasteiger partial charge in [0, 0.05) is 19.3 Å². The SMILES string of the molecule is Cc1c(-n2nnnc2SCCCCN2C(=O)c3ccccc3C2=O)c(=O)n(-c2ccccc2)n1C. The van der Waals surface area contributed by atoms with Crippen molar-refractivity contribution in [2.24, 2.45) is 7.05 Å². The second-order valence-corrected chi connectivity index (χ2v) is 9.21. The Kier molecular flexibility index (Phi) is 6.08. The lowest BCUT2D eigenvalue weighted by atomic mass is 10.1. The number of nitrogens with zero attached hydrogens (tertiary/aromatic N) is 7. The molecule has 0 fully saturated rings. The Labute approximate surface area is 205 Å². The van der Waals surface area contributed by atoms with Gasteiger partial charge in [-0.2, -0.15) is 4.68 Å². The van der Waals surface area contributed by atoms with Crippen LogP contribution in [0, 0.1) is 6.92 Å². The number of unbranched alkanes of at least 4 members (excludes halogenated alkanes) is 1. The van der Waals surface area contributed by atoms with Crippen molar-refractivity contribution in [2.45, 2.75) is 24.9 Å². The number of amides is 2. The van der Waals surface area contributed by atoms with Gasteiger partial charge < -0.3 is 0 Å². The summed E-state index contributed by atoms with van der Waals surface area (Å²) in [6.45, 7) is 2.21. The first kappa shape index (κ1) is 22.8. The molecule has 0 radical (unpaired) electrons. The first-order chi connectivity index (χ1) is 17.0. The van der Waals surface area contributed by atoms with Crippen LogP contribution >= 0.6 is 11.8 Å². The summed E-state index contributed by atoms with van der Waals surface area (Å²) in [4.78, 5) is 39.6. The van der Waals surface area contributed by atoms with Gasteiger partial charge in [-0.25, -0.2) is 4.68 Å².